The third-order valence-electron chi connectivity index (χ3n) is 3.99. The minimum absolute atomic E-state index is 0.0527. The summed E-state index contributed by atoms with van der Waals surface area (Å²) in [7, 11) is 0. The molecule has 6 heteroatoms. The van der Waals surface area contributed by atoms with Crippen molar-refractivity contribution >= 4 is 23.5 Å². The molecular formula is C18H20N4O2. The normalized spacial score (nSPS) is 15.5. The van der Waals surface area contributed by atoms with Gasteiger partial charge in [0.1, 0.15) is 0 Å². The van der Waals surface area contributed by atoms with Gasteiger partial charge in [0, 0.05) is 18.3 Å². The Bertz CT molecular complexity index is 797. The molecule has 24 heavy (non-hydrogen) atoms. The van der Waals surface area contributed by atoms with Crippen molar-refractivity contribution in [2.24, 2.45) is 5.41 Å². The SMILES string of the molecule is Cc1ccc(NC(=O)Nc2ncc3c(n2)CC(C)(C)CC3=O)cc1. The number of Topliss-reactive ketones (excluding diaryl/α,β-unsaturated/α-hetero) is 1. The fourth-order valence-electron chi connectivity index (χ4n) is 2.79. The minimum atomic E-state index is -0.416. The molecule has 6 nitrogen and oxygen atoms in total. The van der Waals surface area contributed by atoms with Gasteiger partial charge in [-0.3, -0.25) is 10.1 Å². The van der Waals surface area contributed by atoms with Crippen molar-refractivity contribution in [1.82, 2.24) is 9.97 Å². The lowest BCUT2D eigenvalue weighted by Gasteiger charge is -2.29. The number of rotatable bonds is 2. The highest BCUT2D eigenvalue weighted by Crippen LogP contribution is 2.33. The summed E-state index contributed by atoms with van der Waals surface area (Å²) in [6, 6.07) is 7.06. The predicted molar refractivity (Wildman–Crippen MR) is 92.3 cm³/mol. The van der Waals surface area contributed by atoms with Crippen molar-refractivity contribution in [1.29, 1.82) is 0 Å². The number of hydrogen-bond donors (Lipinski definition) is 2. The van der Waals surface area contributed by atoms with Crippen molar-refractivity contribution in [2.45, 2.75) is 33.6 Å². The van der Waals surface area contributed by atoms with E-state index in [1.807, 2.05) is 45.0 Å². The molecule has 0 aliphatic heterocycles. The van der Waals surface area contributed by atoms with E-state index in [2.05, 4.69) is 20.6 Å². The van der Waals surface area contributed by atoms with Gasteiger partial charge in [-0.15, -0.1) is 0 Å². The molecule has 3 rings (SSSR count). The van der Waals surface area contributed by atoms with Gasteiger partial charge in [0.25, 0.3) is 0 Å². The third-order valence-corrected chi connectivity index (χ3v) is 3.99. The molecule has 0 bridgehead atoms. The number of amides is 2. The van der Waals surface area contributed by atoms with Gasteiger partial charge in [0.15, 0.2) is 5.78 Å². The van der Waals surface area contributed by atoms with Gasteiger partial charge in [-0.1, -0.05) is 31.5 Å². The number of aromatic nitrogens is 2. The fourth-order valence-corrected chi connectivity index (χ4v) is 2.79. The Labute approximate surface area is 140 Å². The van der Waals surface area contributed by atoms with Crippen molar-refractivity contribution < 1.29 is 9.59 Å². The number of ketones is 1. The first-order chi connectivity index (χ1) is 11.3. The van der Waals surface area contributed by atoms with Crippen molar-refractivity contribution in [2.75, 3.05) is 10.6 Å². The molecule has 1 heterocycles. The highest BCUT2D eigenvalue weighted by molar-refractivity contribution is 6.00. The van der Waals surface area contributed by atoms with Gasteiger partial charge in [0.05, 0.1) is 11.3 Å². The Morgan fingerprint density at radius 2 is 1.83 bits per heavy atom. The summed E-state index contributed by atoms with van der Waals surface area (Å²) in [5, 5.41) is 5.34. The average molecular weight is 324 g/mol. The smallest absolute Gasteiger partial charge is 0.308 e. The molecule has 0 saturated carbocycles. The fraction of sp³-hybridized carbons (Fsp3) is 0.333. The van der Waals surface area contributed by atoms with Crippen LogP contribution in [0.3, 0.4) is 0 Å². The molecule has 0 spiro atoms. The van der Waals surface area contributed by atoms with Crippen LogP contribution < -0.4 is 10.6 Å². The lowest BCUT2D eigenvalue weighted by Crippen LogP contribution is -2.29. The average Bonchev–Trinajstić information content (AvgIpc) is 2.48. The van der Waals surface area contributed by atoms with Crippen LogP contribution in [-0.4, -0.2) is 21.8 Å². The van der Waals surface area contributed by atoms with Gasteiger partial charge in [0.2, 0.25) is 5.95 Å². The second kappa shape index (κ2) is 6.03. The molecular weight excluding hydrogens is 304 g/mol. The second-order valence-corrected chi connectivity index (χ2v) is 6.94. The zero-order valence-electron chi connectivity index (χ0n) is 14.0. The van der Waals surface area contributed by atoms with E-state index in [1.54, 1.807) is 0 Å². The highest BCUT2D eigenvalue weighted by atomic mass is 16.2. The second-order valence-electron chi connectivity index (χ2n) is 6.94. The zero-order chi connectivity index (χ0) is 17.3. The lowest BCUT2D eigenvalue weighted by atomic mass is 9.76. The van der Waals surface area contributed by atoms with Crippen molar-refractivity contribution in [3.63, 3.8) is 0 Å². The third kappa shape index (κ3) is 3.59. The molecule has 1 aliphatic carbocycles. The number of carbonyl (C=O) groups is 2. The monoisotopic (exact) mass is 324 g/mol. The van der Waals surface area contributed by atoms with E-state index in [0.717, 1.165) is 5.56 Å². The number of fused-ring (bicyclic) bond motifs is 1. The van der Waals surface area contributed by atoms with Crippen LogP contribution in [0.5, 0.6) is 0 Å². The molecule has 1 aromatic carbocycles. The van der Waals surface area contributed by atoms with Gasteiger partial charge in [-0.05, 0) is 30.9 Å². The highest BCUT2D eigenvalue weighted by Gasteiger charge is 2.32. The van der Waals surface area contributed by atoms with Crippen LogP contribution in [0.1, 0.15) is 41.9 Å². The number of nitrogens with zero attached hydrogens (tertiary/aromatic N) is 2. The van der Waals surface area contributed by atoms with Crippen LogP contribution in [0.2, 0.25) is 0 Å². The van der Waals surface area contributed by atoms with Crippen molar-refractivity contribution in [3.8, 4) is 0 Å². The molecule has 124 valence electrons. The predicted octanol–water partition coefficient (Wildman–Crippen LogP) is 3.58. The first-order valence-electron chi connectivity index (χ1n) is 7.86. The van der Waals surface area contributed by atoms with Crippen LogP contribution in [0.25, 0.3) is 0 Å². The molecule has 0 atom stereocenters. The maximum absolute atomic E-state index is 12.1. The van der Waals surface area contributed by atoms with Crippen LogP contribution in [0.15, 0.2) is 30.5 Å². The van der Waals surface area contributed by atoms with E-state index < -0.39 is 6.03 Å². The lowest BCUT2D eigenvalue weighted by molar-refractivity contribution is 0.0910. The molecule has 0 fully saturated rings. The molecule has 1 aliphatic rings. The molecule has 2 N–H and O–H groups in total. The number of aryl methyl sites for hydroxylation is 1. The molecule has 0 unspecified atom stereocenters. The van der Waals surface area contributed by atoms with E-state index in [0.29, 0.717) is 29.8 Å². The zero-order valence-corrected chi connectivity index (χ0v) is 14.0. The standard InChI is InChI=1S/C18H20N4O2/c1-11-4-6-12(7-5-11)20-17(24)22-16-19-10-13-14(21-16)8-18(2,3)9-15(13)23/h4-7,10H,8-9H2,1-3H3,(H2,19,20,21,22,24). The number of hydrogen-bond acceptors (Lipinski definition) is 4. The Kier molecular flexibility index (Phi) is 4.05. The van der Waals surface area contributed by atoms with Crippen molar-refractivity contribution in [3.05, 3.63) is 47.3 Å². The van der Waals surface area contributed by atoms with Gasteiger partial charge < -0.3 is 5.32 Å². The number of nitrogens with one attached hydrogen (secondary N) is 2. The molecule has 2 amide bonds. The summed E-state index contributed by atoms with van der Waals surface area (Å²) in [6.07, 6.45) is 2.68. The van der Waals surface area contributed by atoms with Crippen LogP contribution in [0, 0.1) is 12.3 Å². The van der Waals surface area contributed by atoms with E-state index in [4.69, 9.17) is 0 Å². The van der Waals surface area contributed by atoms with Crippen LogP contribution in [0.4, 0.5) is 16.4 Å². The first-order valence-corrected chi connectivity index (χ1v) is 7.86. The minimum Gasteiger partial charge on any atom is -0.308 e. The Morgan fingerprint density at radius 3 is 2.54 bits per heavy atom. The topological polar surface area (TPSA) is 84.0 Å². The van der Waals surface area contributed by atoms with Gasteiger partial charge in [-0.25, -0.2) is 14.8 Å². The summed E-state index contributed by atoms with van der Waals surface area (Å²) < 4.78 is 0. The van der Waals surface area contributed by atoms with Gasteiger partial charge >= 0.3 is 6.03 Å². The first kappa shape index (κ1) is 16.1. The summed E-state index contributed by atoms with van der Waals surface area (Å²) in [5.41, 5.74) is 2.93. The molecule has 1 aromatic heterocycles. The number of carbonyl (C=O) groups excluding carboxylic acids is 2. The number of benzene rings is 1. The summed E-state index contributed by atoms with van der Waals surface area (Å²) in [5.74, 6) is 0.251. The largest absolute Gasteiger partial charge is 0.326 e. The Morgan fingerprint density at radius 1 is 1.12 bits per heavy atom. The Balaban J connectivity index is 1.73. The maximum atomic E-state index is 12.1. The van der Waals surface area contributed by atoms with E-state index in [1.165, 1.54) is 6.20 Å². The van der Waals surface area contributed by atoms with Crippen LogP contribution >= 0.6 is 0 Å². The summed E-state index contributed by atoms with van der Waals surface area (Å²) in [6.45, 7) is 6.05. The molecule has 0 saturated heterocycles. The quantitative estimate of drug-likeness (QED) is 0.884. The molecule has 2 aromatic rings. The van der Waals surface area contributed by atoms with Gasteiger partial charge in [-0.2, -0.15) is 0 Å². The van der Waals surface area contributed by atoms with E-state index >= 15 is 0 Å². The van der Waals surface area contributed by atoms with E-state index in [-0.39, 0.29) is 17.1 Å². The molecule has 0 radical (unpaired) electrons. The summed E-state index contributed by atoms with van der Waals surface area (Å²) in [4.78, 5) is 32.6. The van der Waals surface area contributed by atoms with Crippen LogP contribution in [-0.2, 0) is 6.42 Å². The number of anilines is 2. The van der Waals surface area contributed by atoms with E-state index in [9.17, 15) is 9.59 Å². The maximum Gasteiger partial charge on any atom is 0.326 e. The summed E-state index contributed by atoms with van der Waals surface area (Å²) >= 11 is 0. The number of urea groups is 1. The Hall–Kier alpha value is -2.76.